The van der Waals surface area contributed by atoms with E-state index in [9.17, 15) is 13.2 Å². The fraction of sp³-hybridized carbons (Fsp3) is 0.538. The zero-order chi connectivity index (χ0) is 13.9. The van der Waals surface area contributed by atoms with E-state index in [2.05, 4.69) is 5.32 Å². The number of benzene rings is 1. The molecule has 1 aliphatic heterocycles. The van der Waals surface area contributed by atoms with E-state index in [1.165, 1.54) is 0 Å². The lowest BCUT2D eigenvalue weighted by molar-refractivity contribution is -0.139. The van der Waals surface area contributed by atoms with E-state index in [1.54, 1.807) is 12.1 Å². The monoisotopic (exact) mass is 275 g/mol. The second-order valence-electron chi connectivity index (χ2n) is 4.33. The molecule has 0 aliphatic carbocycles. The Morgan fingerprint density at radius 2 is 2.21 bits per heavy atom. The largest absolute Gasteiger partial charge is 0.493 e. The molecule has 0 fully saturated rings. The maximum atomic E-state index is 12.0. The van der Waals surface area contributed by atoms with Crippen molar-refractivity contribution in [3.05, 3.63) is 23.8 Å². The zero-order valence-electron chi connectivity index (χ0n) is 10.6. The van der Waals surface area contributed by atoms with E-state index >= 15 is 0 Å². The molecule has 1 N–H and O–H groups in total. The number of fused-ring (bicyclic) bond motifs is 1. The van der Waals surface area contributed by atoms with Crippen LogP contribution in [0.25, 0.3) is 0 Å². The van der Waals surface area contributed by atoms with Gasteiger partial charge in [-0.3, -0.25) is 0 Å². The van der Waals surface area contributed by atoms with Gasteiger partial charge in [0.15, 0.2) is 0 Å². The summed E-state index contributed by atoms with van der Waals surface area (Å²) in [5.74, 6) is 1.08. The van der Waals surface area contributed by atoms with Crippen LogP contribution >= 0.6 is 0 Å². The molecular weight excluding hydrogens is 259 g/mol. The number of rotatable bonds is 5. The quantitative estimate of drug-likeness (QED) is 0.896. The van der Waals surface area contributed by atoms with E-state index in [1.807, 2.05) is 13.0 Å². The van der Waals surface area contributed by atoms with E-state index in [0.29, 0.717) is 18.1 Å². The lowest BCUT2D eigenvalue weighted by Crippen LogP contribution is -2.21. The van der Waals surface area contributed by atoms with Gasteiger partial charge in [-0.05, 0) is 18.7 Å². The summed E-state index contributed by atoms with van der Waals surface area (Å²) < 4.78 is 46.6. The number of alkyl halides is 3. The third-order valence-electron chi connectivity index (χ3n) is 2.87. The molecule has 1 unspecified atom stereocenters. The van der Waals surface area contributed by atoms with Gasteiger partial charge in [0.1, 0.15) is 18.1 Å². The van der Waals surface area contributed by atoms with Crippen LogP contribution in [0.1, 0.15) is 24.9 Å². The van der Waals surface area contributed by atoms with Crippen LogP contribution in [0.5, 0.6) is 11.5 Å². The Balaban J connectivity index is 1.95. The topological polar surface area (TPSA) is 30.5 Å². The highest BCUT2D eigenvalue weighted by Crippen LogP contribution is 2.35. The normalized spacial score (nSPS) is 18.0. The molecule has 0 aromatic heterocycles. The summed E-state index contributed by atoms with van der Waals surface area (Å²) in [6, 6.07) is 5.29. The Labute approximate surface area is 109 Å². The van der Waals surface area contributed by atoms with Gasteiger partial charge in [-0.15, -0.1) is 0 Å². The molecule has 6 heteroatoms. The van der Waals surface area contributed by atoms with Gasteiger partial charge in [-0.25, -0.2) is 0 Å². The van der Waals surface area contributed by atoms with Crippen molar-refractivity contribution in [1.29, 1.82) is 0 Å². The van der Waals surface area contributed by atoms with Crippen molar-refractivity contribution in [2.45, 2.75) is 25.6 Å². The van der Waals surface area contributed by atoms with Gasteiger partial charge in [0.25, 0.3) is 0 Å². The van der Waals surface area contributed by atoms with Crippen LogP contribution in [0.3, 0.4) is 0 Å². The molecule has 1 aromatic rings. The molecule has 0 radical (unpaired) electrons. The molecule has 0 bridgehead atoms. The minimum Gasteiger partial charge on any atom is -0.493 e. The Hall–Kier alpha value is -1.43. The molecule has 0 spiro atoms. The average Bonchev–Trinajstić information content (AvgIpc) is 2.71. The number of likely N-dealkylation sites (N-methyl/N-ethyl adjacent to an activating group) is 1. The van der Waals surface area contributed by atoms with E-state index in [4.69, 9.17) is 9.47 Å². The smallest absolute Gasteiger partial charge is 0.392 e. The number of nitrogens with one attached hydrogen (secondary N) is 1. The van der Waals surface area contributed by atoms with Crippen LogP contribution in [0.4, 0.5) is 13.2 Å². The predicted octanol–water partition coefficient (Wildman–Crippen LogP) is 3.06. The summed E-state index contributed by atoms with van der Waals surface area (Å²) in [6.07, 6.45) is -5.14. The summed E-state index contributed by atoms with van der Waals surface area (Å²) in [5.41, 5.74) is 1.02. The van der Waals surface area contributed by atoms with Crippen LogP contribution < -0.4 is 14.8 Å². The second kappa shape index (κ2) is 5.69. The lowest BCUT2D eigenvalue weighted by Gasteiger charge is -2.11. The summed E-state index contributed by atoms with van der Waals surface area (Å²) >= 11 is 0. The van der Waals surface area contributed by atoms with Gasteiger partial charge in [0.05, 0.1) is 19.1 Å². The first-order chi connectivity index (χ1) is 8.99. The van der Waals surface area contributed by atoms with Crippen molar-refractivity contribution < 1.29 is 22.6 Å². The van der Waals surface area contributed by atoms with Gasteiger partial charge in [-0.2, -0.15) is 13.2 Å². The molecule has 0 saturated carbocycles. The van der Waals surface area contributed by atoms with Crippen molar-refractivity contribution in [2.24, 2.45) is 0 Å². The standard InChI is InChI=1S/C13H16F3NO2/c1-2-17-11-8-19-12-7-9(3-4-10(11)12)18-6-5-13(14,15)16/h3-4,7,11,17H,2,5-6,8H2,1H3. The SMILES string of the molecule is CCNC1COc2cc(OCCC(F)(F)F)ccc21. The van der Waals surface area contributed by atoms with Crippen molar-refractivity contribution in [3.8, 4) is 11.5 Å². The first kappa shape index (κ1) is 14.0. The highest BCUT2D eigenvalue weighted by molar-refractivity contribution is 5.45. The Kier molecular flexibility index (Phi) is 4.19. The first-order valence-corrected chi connectivity index (χ1v) is 6.19. The van der Waals surface area contributed by atoms with E-state index in [-0.39, 0.29) is 12.6 Å². The zero-order valence-corrected chi connectivity index (χ0v) is 10.6. The fourth-order valence-electron chi connectivity index (χ4n) is 1.98. The van der Waals surface area contributed by atoms with Crippen LogP contribution in [-0.2, 0) is 0 Å². The summed E-state index contributed by atoms with van der Waals surface area (Å²) in [4.78, 5) is 0. The molecule has 19 heavy (non-hydrogen) atoms. The van der Waals surface area contributed by atoms with Crippen molar-refractivity contribution in [1.82, 2.24) is 5.32 Å². The minimum atomic E-state index is -4.19. The van der Waals surface area contributed by atoms with Crippen molar-refractivity contribution in [3.63, 3.8) is 0 Å². The average molecular weight is 275 g/mol. The van der Waals surface area contributed by atoms with Gasteiger partial charge in [-0.1, -0.05) is 6.92 Å². The predicted molar refractivity (Wildman–Crippen MR) is 64.5 cm³/mol. The molecule has 0 saturated heterocycles. The fourth-order valence-corrected chi connectivity index (χ4v) is 1.98. The third kappa shape index (κ3) is 3.76. The molecule has 3 nitrogen and oxygen atoms in total. The van der Waals surface area contributed by atoms with Gasteiger partial charge in [0, 0.05) is 11.6 Å². The molecule has 1 heterocycles. The maximum absolute atomic E-state index is 12.0. The molecule has 1 aliphatic rings. The van der Waals surface area contributed by atoms with Gasteiger partial charge in [0.2, 0.25) is 0 Å². The van der Waals surface area contributed by atoms with Gasteiger partial charge < -0.3 is 14.8 Å². The van der Waals surface area contributed by atoms with Crippen LogP contribution in [0.2, 0.25) is 0 Å². The highest BCUT2D eigenvalue weighted by atomic mass is 19.4. The molecule has 0 amide bonds. The second-order valence-corrected chi connectivity index (χ2v) is 4.33. The summed E-state index contributed by atoms with van der Waals surface area (Å²) in [5, 5.41) is 3.27. The number of hydrogen-bond donors (Lipinski definition) is 1. The van der Waals surface area contributed by atoms with Gasteiger partial charge >= 0.3 is 6.18 Å². The first-order valence-electron chi connectivity index (χ1n) is 6.19. The Bertz CT molecular complexity index is 434. The summed E-state index contributed by atoms with van der Waals surface area (Å²) in [7, 11) is 0. The molecule has 1 atom stereocenters. The third-order valence-corrected chi connectivity index (χ3v) is 2.87. The minimum absolute atomic E-state index is 0.143. The molecule has 2 rings (SSSR count). The van der Waals surface area contributed by atoms with Crippen LogP contribution in [0, 0.1) is 0 Å². The Morgan fingerprint density at radius 1 is 1.42 bits per heavy atom. The molecular formula is C13H16F3NO2. The van der Waals surface area contributed by atoms with Crippen molar-refractivity contribution >= 4 is 0 Å². The van der Waals surface area contributed by atoms with Crippen LogP contribution in [0.15, 0.2) is 18.2 Å². The maximum Gasteiger partial charge on any atom is 0.392 e. The number of ether oxygens (including phenoxy) is 2. The molecule has 106 valence electrons. The number of hydrogen-bond acceptors (Lipinski definition) is 3. The Morgan fingerprint density at radius 3 is 2.89 bits per heavy atom. The molecule has 1 aromatic carbocycles. The number of halogens is 3. The van der Waals surface area contributed by atoms with E-state index < -0.39 is 12.6 Å². The van der Waals surface area contributed by atoms with Crippen LogP contribution in [-0.4, -0.2) is 25.9 Å². The summed E-state index contributed by atoms with van der Waals surface area (Å²) in [6.45, 7) is 3.00. The van der Waals surface area contributed by atoms with Crippen molar-refractivity contribution in [2.75, 3.05) is 19.8 Å². The lowest BCUT2D eigenvalue weighted by atomic mass is 10.1. The van der Waals surface area contributed by atoms with E-state index in [0.717, 1.165) is 12.1 Å². The highest BCUT2D eigenvalue weighted by Gasteiger charge is 2.27.